The van der Waals surface area contributed by atoms with E-state index in [1.54, 1.807) is 37.4 Å². The molecule has 2 aromatic carbocycles. The first-order valence-corrected chi connectivity index (χ1v) is 9.92. The molecule has 0 radical (unpaired) electrons. The summed E-state index contributed by atoms with van der Waals surface area (Å²) in [5, 5.41) is 0. The quantitative estimate of drug-likeness (QED) is 0.609. The molecule has 144 valence electrons. The molecule has 0 saturated carbocycles. The van der Waals surface area contributed by atoms with E-state index >= 15 is 0 Å². The Morgan fingerprint density at radius 3 is 2.44 bits per heavy atom. The normalized spacial score (nSPS) is 15.0. The average molecular weight is 391 g/mol. The van der Waals surface area contributed by atoms with Gasteiger partial charge in [0.25, 0.3) is 15.9 Å². The van der Waals surface area contributed by atoms with Crippen molar-refractivity contribution in [3.8, 4) is 5.75 Å². The van der Waals surface area contributed by atoms with E-state index in [0.717, 1.165) is 9.87 Å². The van der Waals surface area contributed by atoms with Gasteiger partial charge in [0, 0.05) is 13.2 Å². The molecule has 7 nitrogen and oxygen atoms in total. The number of sulfonamides is 1. The van der Waals surface area contributed by atoms with Crippen molar-refractivity contribution in [3.05, 3.63) is 59.7 Å². The van der Waals surface area contributed by atoms with Crippen LogP contribution in [-0.4, -0.2) is 52.2 Å². The first-order valence-electron chi connectivity index (χ1n) is 8.48. The monoisotopic (exact) mass is 391 g/mol. The molecule has 0 aliphatic carbocycles. The van der Waals surface area contributed by atoms with Gasteiger partial charge in [-0.2, -0.15) is 0 Å². The van der Waals surface area contributed by atoms with E-state index in [2.05, 4.69) is 0 Å². The van der Waals surface area contributed by atoms with Crippen LogP contribution < -0.4 is 4.74 Å². The van der Waals surface area contributed by atoms with E-state index in [9.17, 15) is 13.2 Å². The Morgan fingerprint density at radius 2 is 1.70 bits per heavy atom. The molecule has 0 bridgehead atoms. The smallest absolute Gasteiger partial charge is 0.269 e. The first-order chi connectivity index (χ1) is 13.0. The molecule has 0 unspecified atom stereocenters. The van der Waals surface area contributed by atoms with Gasteiger partial charge in [0.2, 0.25) is 0 Å². The highest BCUT2D eigenvalue weighted by Crippen LogP contribution is 2.34. The van der Waals surface area contributed by atoms with E-state index in [4.69, 9.17) is 14.2 Å². The SMILES string of the molecule is COCCOCCOc1ccc2c(c1)S(=O)(=O)N(Cc1ccccc1)C2=O. The van der Waals surface area contributed by atoms with Gasteiger partial charge < -0.3 is 14.2 Å². The van der Waals surface area contributed by atoms with Crippen molar-refractivity contribution in [2.45, 2.75) is 11.4 Å². The maximum Gasteiger partial charge on any atom is 0.269 e. The molecule has 3 rings (SSSR count). The second-order valence-corrected chi connectivity index (χ2v) is 7.74. The van der Waals surface area contributed by atoms with Crippen molar-refractivity contribution in [2.24, 2.45) is 0 Å². The number of methoxy groups -OCH3 is 1. The third-order valence-electron chi connectivity index (χ3n) is 4.08. The van der Waals surface area contributed by atoms with Crippen LogP contribution in [0.2, 0.25) is 0 Å². The van der Waals surface area contributed by atoms with Crippen molar-refractivity contribution in [3.63, 3.8) is 0 Å². The molecule has 0 spiro atoms. The van der Waals surface area contributed by atoms with Gasteiger partial charge in [0.1, 0.15) is 17.3 Å². The molecule has 2 aromatic rings. The maximum atomic E-state index is 12.8. The van der Waals surface area contributed by atoms with Gasteiger partial charge in [-0.25, -0.2) is 12.7 Å². The Bertz CT molecular complexity index is 898. The Labute approximate surface area is 158 Å². The van der Waals surface area contributed by atoms with Gasteiger partial charge in [0.05, 0.1) is 31.9 Å². The number of benzene rings is 2. The van der Waals surface area contributed by atoms with Crippen LogP contribution in [0.3, 0.4) is 0 Å². The first kappa shape index (κ1) is 19.3. The van der Waals surface area contributed by atoms with Gasteiger partial charge in [0.15, 0.2) is 0 Å². The van der Waals surface area contributed by atoms with Crippen molar-refractivity contribution in [1.29, 1.82) is 0 Å². The molecule has 0 N–H and O–H groups in total. The van der Waals surface area contributed by atoms with Crippen LogP contribution >= 0.6 is 0 Å². The molecule has 1 aliphatic rings. The Morgan fingerprint density at radius 1 is 0.963 bits per heavy atom. The van der Waals surface area contributed by atoms with E-state index in [0.29, 0.717) is 25.6 Å². The summed E-state index contributed by atoms with van der Waals surface area (Å²) in [6.07, 6.45) is 0. The summed E-state index contributed by atoms with van der Waals surface area (Å²) in [5.41, 5.74) is 0.904. The fourth-order valence-corrected chi connectivity index (χ4v) is 4.29. The molecule has 1 heterocycles. The zero-order valence-electron chi connectivity index (χ0n) is 15.0. The summed E-state index contributed by atoms with van der Waals surface area (Å²) in [6, 6.07) is 13.5. The topological polar surface area (TPSA) is 82.1 Å². The van der Waals surface area contributed by atoms with Gasteiger partial charge in [-0.15, -0.1) is 0 Å². The largest absolute Gasteiger partial charge is 0.491 e. The predicted molar refractivity (Wildman–Crippen MR) is 98.1 cm³/mol. The molecule has 1 aliphatic heterocycles. The molecular formula is C19H21NO6S. The van der Waals surface area contributed by atoms with Crippen LogP contribution in [0.15, 0.2) is 53.4 Å². The highest BCUT2D eigenvalue weighted by atomic mass is 32.2. The third-order valence-corrected chi connectivity index (χ3v) is 5.84. The summed E-state index contributed by atoms with van der Waals surface area (Å²) in [4.78, 5) is 12.5. The number of hydrogen-bond donors (Lipinski definition) is 0. The molecule has 0 atom stereocenters. The predicted octanol–water partition coefficient (Wildman–Crippen LogP) is 2.07. The van der Waals surface area contributed by atoms with Crippen LogP contribution in [0.4, 0.5) is 0 Å². The van der Waals surface area contributed by atoms with Crippen LogP contribution in [0, 0.1) is 0 Å². The van der Waals surface area contributed by atoms with Crippen LogP contribution in [-0.2, 0) is 26.0 Å². The lowest BCUT2D eigenvalue weighted by Gasteiger charge is -2.15. The standard InChI is InChI=1S/C19H21NO6S/c1-24-9-10-25-11-12-26-16-7-8-17-18(13-16)27(22,23)20(19(17)21)14-15-5-3-2-4-6-15/h2-8,13H,9-12,14H2,1H3. The fourth-order valence-electron chi connectivity index (χ4n) is 2.71. The lowest BCUT2D eigenvalue weighted by atomic mass is 10.2. The van der Waals surface area contributed by atoms with E-state index < -0.39 is 15.9 Å². The summed E-state index contributed by atoms with van der Waals surface area (Å²) in [5.74, 6) is -0.148. The number of fused-ring (bicyclic) bond motifs is 1. The van der Waals surface area contributed by atoms with Crippen molar-refractivity contribution in [1.82, 2.24) is 4.31 Å². The molecule has 1 amide bonds. The Kier molecular flexibility index (Phi) is 6.10. The van der Waals surface area contributed by atoms with Crippen molar-refractivity contribution >= 4 is 15.9 Å². The van der Waals surface area contributed by atoms with E-state index in [1.165, 1.54) is 12.1 Å². The van der Waals surface area contributed by atoms with Crippen molar-refractivity contribution < 1.29 is 27.4 Å². The number of nitrogens with zero attached hydrogens (tertiary/aromatic N) is 1. The summed E-state index contributed by atoms with van der Waals surface area (Å²) >= 11 is 0. The number of amides is 1. The minimum absolute atomic E-state index is 0.000215. The number of rotatable bonds is 9. The minimum atomic E-state index is -3.90. The number of carbonyl (C=O) groups is 1. The molecule has 0 saturated heterocycles. The molecular weight excluding hydrogens is 370 g/mol. The number of ether oxygens (including phenoxy) is 3. The van der Waals surface area contributed by atoms with Gasteiger partial charge in [-0.05, 0) is 17.7 Å². The zero-order chi connectivity index (χ0) is 19.3. The molecule has 0 aromatic heterocycles. The van der Waals surface area contributed by atoms with Crippen LogP contribution in [0.5, 0.6) is 5.75 Å². The molecule has 0 fully saturated rings. The highest BCUT2D eigenvalue weighted by Gasteiger charge is 2.41. The summed E-state index contributed by atoms with van der Waals surface area (Å²) in [6.45, 7) is 1.58. The lowest BCUT2D eigenvalue weighted by molar-refractivity contribution is 0.0544. The summed E-state index contributed by atoms with van der Waals surface area (Å²) in [7, 11) is -2.31. The van der Waals surface area contributed by atoms with E-state index in [1.807, 2.05) is 6.07 Å². The van der Waals surface area contributed by atoms with Crippen LogP contribution in [0.25, 0.3) is 0 Å². The average Bonchev–Trinajstić information content (AvgIpc) is 2.86. The van der Waals surface area contributed by atoms with Gasteiger partial charge >= 0.3 is 0 Å². The number of hydrogen-bond acceptors (Lipinski definition) is 6. The van der Waals surface area contributed by atoms with Crippen LogP contribution in [0.1, 0.15) is 15.9 Å². The van der Waals surface area contributed by atoms with Crippen molar-refractivity contribution in [2.75, 3.05) is 33.5 Å². The maximum absolute atomic E-state index is 12.8. The minimum Gasteiger partial charge on any atom is -0.491 e. The molecule has 27 heavy (non-hydrogen) atoms. The summed E-state index contributed by atoms with van der Waals surface area (Å²) < 4.78 is 42.2. The zero-order valence-corrected chi connectivity index (χ0v) is 15.8. The number of carbonyl (C=O) groups excluding carboxylic acids is 1. The third kappa shape index (κ3) is 4.29. The second kappa shape index (κ2) is 8.51. The van der Waals surface area contributed by atoms with Gasteiger partial charge in [-0.1, -0.05) is 30.3 Å². The lowest BCUT2D eigenvalue weighted by Crippen LogP contribution is -2.29. The Balaban J connectivity index is 1.70. The van der Waals surface area contributed by atoms with Gasteiger partial charge in [-0.3, -0.25) is 4.79 Å². The second-order valence-electron chi connectivity index (χ2n) is 5.91. The highest BCUT2D eigenvalue weighted by molar-refractivity contribution is 7.90. The fraction of sp³-hybridized carbons (Fsp3) is 0.316. The van der Waals surface area contributed by atoms with E-state index in [-0.39, 0.29) is 23.6 Å². The molecule has 8 heteroatoms. The Hall–Kier alpha value is -2.42.